The van der Waals surface area contributed by atoms with Crippen LogP contribution in [0.3, 0.4) is 0 Å². The van der Waals surface area contributed by atoms with E-state index in [1.54, 1.807) is 6.20 Å². The predicted molar refractivity (Wildman–Crippen MR) is 50.6 cm³/mol. The van der Waals surface area contributed by atoms with Gasteiger partial charge in [-0.3, -0.25) is 4.98 Å². The minimum atomic E-state index is 0.750. The van der Waals surface area contributed by atoms with Gasteiger partial charge in [0.2, 0.25) is 0 Å². The number of aromatic nitrogens is 1. The lowest BCUT2D eigenvalue weighted by Crippen LogP contribution is -2.00. The molecule has 1 heterocycles. The van der Waals surface area contributed by atoms with Gasteiger partial charge in [-0.2, -0.15) is 0 Å². The molecular weight excluding hydrogens is 150 g/mol. The van der Waals surface area contributed by atoms with E-state index in [0.29, 0.717) is 0 Å². The van der Waals surface area contributed by atoms with Gasteiger partial charge in [0, 0.05) is 18.1 Å². The van der Waals surface area contributed by atoms with Crippen LogP contribution in [0.4, 0.5) is 5.69 Å². The lowest BCUT2D eigenvalue weighted by atomic mass is 10.1. The summed E-state index contributed by atoms with van der Waals surface area (Å²) in [5.41, 5.74) is 13.1. The molecule has 0 fully saturated rings. The van der Waals surface area contributed by atoms with Gasteiger partial charge < -0.3 is 11.5 Å². The number of nitrogens with zero attached hydrogens (tertiary/aromatic N) is 1. The Bertz CT molecular complexity index is 235. The van der Waals surface area contributed by atoms with Crippen LogP contribution >= 0.6 is 0 Å². The molecule has 0 aromatic carbocycles. The Hall–Kier alpha value is -1.09. The second-order valence-electron chi connectivity index (χ2n) is 2.82. The molecule has 0 spiro atoms. The standard InChI is InChI=1S/C9H15N3/c10-5-2-1-3-8-7-12-6-4-9(8)11/h4,6-7H,1-3,5,10H2,(H2,11,12). The molecule has 0 amide bonds. The molecule has 1 aromatic rings. The molecule has 0 unspecified atom stereocenters. The summed E-state index contributed by atoms with van der Waals surface area (Å²) in [5, 5.41) is 0. The van der Waals surface area contributed by atoms with E-state index in [1.807, 2.05) is 12.3 Å². The molecule has 0 saturated heterocycles. The smallest absolute Gasteiger partial charge is 0.0377 e. The Labute approximate surface area is 72.8 Å². The Morgan fingerprint density at radius 3 is 2.83 bits per heavy atom. The number of nitrogen functional groups attached to an aromatic ring is 1. The average Bonchev–Trinajstić information content (AvgIpc) is 2.09. The molecule has 3 nitrogen and oxygen atoms in total. The van der Waals surface area contributed by atoms with Gasteiger partial charge in [0.15, 0.2) is 0 Å². The number of rotatable bonds is 4. The van der Waals surface area contributed by atoms with E-state index in [-0.39, 0.29) is 0 Å². The minimum Gasteiger partial charge on any atom is -0.398 e. The zero-order chi connectivity index (χ0) is 8.81. The SMILES string of the molecule is NCCCCc1cnccc1N. The molecule has 1 aromatic heterocycles. The lowest BCUT2D eigenvalue weighted by Gasteiger charge is -2.02. The van der Waals surface area contributed by atoms with Crippen molar-refractivity contribution in [3.8, 4) is 0 Å². The number of aryl methyl sites for hydroxylation is 1. The van der Waals surface area contributed by atoms with Gasteiger partial charge in [-0.15, -0.1) is 0 Å². The normalized spacial score (nSPS) is 10.1. The van der Waals surface area contributed by atoms with Gasteiger partial charge in [0.1, 0.15) is 0 Å². The highest BCUT2D eigenvalue weighted by molar-refractivity contribution is 5.44. The fourth-order valence-corrected chi connectivity index (χ4v) is 1.11. The lowest BCUT2D eigenvalue weighted by molar-refractivity contribution is 0.744. The van der Waals surface area contributed by atoms with Crippen molar-refractivity contribution < 1.29 is 0 Å². The quantitative estimate of drug-likeness (QED) is 0.653. The van der Waals surface area contributed by atoms with Crippen LogP contribution in [-0.4, -0.2) is 11.5 Å². The number of hydrogen-bond donors (Lipinski definition) is 2. The maximum atomic E-state index is 5.73. The molecule has 0 aliphatic heterocycles. The van der Waals surface area contributed by atoms with E-state index in [9.17, 15) is 0 Å². The fourth-order valence-electron chi connectivity index (χ4n) is 1.11. The maximum Gasteiger partial charge on any atom is 0.0377 e. The molecular formula is C9H15N3. The third-order valence-corrected chi connectivity index (χ3v) is 1.84. The Kier molecular flexibility index (Phi) is 3.54. The number of unbranched alkanes of at least 4 members (excludes halogenated alkanes) is 1. The van der Waals surface area contributed by atoms with E-state index in [0.717, 1.165) is 37.1 Å². The highest BCUT2D eigenvalue weighted by Gasteiger charge is 1.96. The number of anilines is 1. The molecule has 0 aliphatic carbocycles. The Morgan fingerprint density at radius 2 is 2.17 bits per heavy atom. The first-order valence-corrected chi connectivity index (χ1v) is 4.23. The molecule has 66 valence electrons. The molecule has 0 aliphatic rings. The second kappa shape index (κ2) is 4.72. The van der Waals surface area contributed by atoms with Crippen molar-refractivity contribution in [2.75, 3.05) is 12.3 Å². The summed E-state index contributed by atoms with van der Waals surface area (Å²) in [6, 6.07) is 1.83. The predicted octanol–water partition coefficient (Wildman–Crippen LogP) is 0.945. The van der Waals surface area contributed by atoms with Crippen molar-refractivity contribution in [1.29, 1.82) is 0 Å². The van der Waals surface area contributed by atoms with Crippen LogP contribution in [0.25, 0.3) is 0 Å². The first kappa shape index (κ1) is 9.00. The molecule has 1 rings (SSSR count). The van der Waals surface area contributed by atoms with E-state index in [2.05, 4.69) is 4.98 Å². The van der Waals surface area contributed by atoms with Crippen LogP contribution in [0.1, 0.15) is 18.4 Å². The number of hydrogen-bond acceptors (Lipinski definition) is 3. The van der Waals surface area contributed by atoms with Crippen LogP contribution in [0.15, 0.2) is 18.5 Å². The number of pyridine rings is 1. The van der Waals surface area contributed by atoms with Crippen LogP contribution in [0, 0.1) is 0 Å². The second-order valence-corrected chi connectivity index (χ2v) is 2.82. The monoisotopic (exact) mass is 165 g/mol. The summed E-state index contributed by atoms with van der Waals surface area (Å²) in [6.45, 7) is 0.750. The van der Waals surface area contributed by atoms with E-state index in [4.69, 9.17) is 11.5 Å². The summed E-state index contributed by atoms with van der Waals surface area (Å²) >= 11 is 0. The van der Waals surface area contributed by atoms with Gasteiger partial charge in [-0.05, 0) is 37.4 Å². The third-order valence-electron chi connectivity index (χ3n) is 1.84. The molecule has 4 N–H and O–H groups in total. The van der Waals surface area contributed by atoms with Crippen LogP contribution < -0.4 is 11.5 Å². The zero-order valence-electron chi connectivity index (χ0n) is 7.16. The minimum absolute atomic E-state index is 0.750. The van der Waals surface area contributed by atoms with E-state index < -0.39 is 0 Å². The molecule has 0 atom stereocenters. The Balaban J connectivity index is 2.46. The zero-order valence-corrected chi connectivity index (χ0v) is 7.16. The van der Waals surface area contributed by atoms with Crippen molar-refractivity contribution in [3.05, 3.63) is 24.0 Å². The van der Waals surface area contributed by atoms with Gasteiger partial charge in [0.05, 0.1) is 0 Å². The fraction of sp³-hybridized carbons (Fsp3) is 0.444. The third kappa shape index (κ3) is 2.51. The molecule has 0 radical (unpaired) electrons. The van der Waals surface area contributed by atoms with E-state index in [1.165, 1.54) is 0 Å². The summed E-state index contributed by atoms with van der Waals surface area (Å²) in [6.07, 6.45) is 6.66. The van der Waals surface area contributed by atoms with Crippen molar-refractivity contribution >= 4 is 5.69 Å². The number of nitrogens with two attached hydrogens (primary N) is 2. The molecule has 0 bridgehead atoms. The summed E-state index contributed by atoms with van der Waals surface area (Å²) in [4.78, 5) is 4.01. The summed E-state index contributed by atoms with van der Waals surface area (Å²) in [5.74, 6) is 0. The van der Waals surface area contributed by atoms with Crippen molar-refractivity contribution in [3.63, 3.8) is 0 Å². The van der Waals surface area contributed by atoms with Crippen LogP contribution in [0.2, 0.25) is 0 Å². The van der Waals surface area contributed by atoms with Gasteiger partial charge in [0.25, 0.3) is 0 Å². The first-order valence-electron chi connectivity index (χ1n) is 4.23. The van der Waals surface area contributed by atoms with Gasteiger partial charge in [-0.25, -0.2) is 0 Å². The largest absolute Gasteiger partial charge is 0.398 e. The molecule has 0 saturated carbocycles. The van der Waals surface area contributed by atoms with Gasteiger partial charge >= 0.3 is 0 Å². The highest BCUT2D eigenvalue weighted by atomic mass is 14.7. The molecule has 3 heteroatoms. The summed E-state index contributed by atoms with van der Waals surface area (Å²) in [7, 11) is 0. The van der Waals surface area contributed by atoms with Crippen molar-refractivity contribution in [2.45, 2.75) is 19.3 Å². The highest BCUT2D eigenvalue weighted by Crippen LogP contribution is 2.11. The molecule has 12 heavy (non-hydrogen) atoms. The average molecular weight is 165 g/mol. The van der Waals surface area contributed by atoms with E-state index >= 15 is 0 Å². The van der Waals surface area contributed by atoms with Crippen molar-refractivity contribution in [2.24, 2.45) is 5.73 Å². The Morgan fingerprint density at radius 1 is 1.33 bits per heavy atom. The van der Waals surface area contributed by atoms with Crippen molar-refractivity contribution in [1.82, 2.24) is 4.98 Å². The topological polar surface area (TPSA) is 64.9 Å². The maximum absolute atomic E-state index is 5.73. The van der Waals surface area contributed by atoms with Crippen LogP contribution in [0.5, 0.6) is 0 Å². The first-order chi connectivity index (χ1) is 5.84. The van der Waals surface area contributed by atoms with Crippen LogP contribution in [-0.2, 0) is 6.42 Å². The van der Waals surface area contributed by atoms with Gasteiger partial charge in [-0.1, -0.05) is 0 Å². The summed E-state index contributed by atoms with van der Waals surface area (Å²) < 4.78 is 0.